The van der Waals surface area contributed by atoms with Gasteiger partial charge in [-0.2, -0.15) is 0 Å². The van der Waals surface area contributed by atoms with E-state index in [2.05, 4.69) is 5.32 Å². The van der Waals surface area contributed by atoms with Crippen LogP contribution in [0.5, 0.6) is 0 Å². The van der Waals surface area contributed by atoms with Crippen LogP contribution in [0.2, 0.25) is 0 Å². The van der Waals surface area contributed by atoms with Crippen molar-refractivity contribution in [2.45, 2.75) is 52.2 Å². The summed E-state index contributed by atoms with van der Waals surface area (Å²) in [6.07, 6.45) is 1.35. The van der Waals surface area contributed by atoms with Crippen molar-refractivity contribution in [1.82, 2.24) is 10.2 Å². The van der Waals surface area contributed by atoms with Crippen LogP contribution >= 0.6 is 0 Å². The van der Waals surface area contributed by atoms with Crippen LogP contribution in [0.25, 0.3) is 0 Å². The topological polar surface area (TPSA) is 75.7 Å². The highest BCUT2D eigenvalue weighted by Gasteiger charge is 2.17. The van der Waals surface area contributed by atoms with Gasteiger partial charge in [-0.05, 0) is 34.1 Å². The van der Waals surface area contributed by atoms with Crippen molar-refractivity contribution >= 4 is 18.3 Å². The largest absolute Gasteiger partial charge is 0.460 e. The molecule has 1 unspecified atom stereocenters. The summed E-state index contributed by atoms with van der Waals surface area (Å²) in [6, 6.07) is -0.139. The number of likely N-dealkylation sites (N-methyl/N-ethyl adjacent to an activating group) is 1. The average Bonchev–Trinajstić information content (AvgIpc) is 2.23. The Bertz CT molecular complexity index is 323. The van der Waals surface area contributed by atoms with Gasteiger partial charge in [-0.1, -0.05) is 0 Å². The van der Waals surface area contributed by atoms with Gasteiger partial charge in [0.25, 0.3) is 0 Å². The molecule has 1 N–H and O–H groups in total. The van der Waals surface area contributed by atoms with E-state index in [1.54, 1.807) is 0 Å². The number of nitrogens with one attached hydrogen (secondary N) is 1. The molecule has 110 valence electrons. The van der Waals surface area contributed by atoms with E-state index in [4.69, 9.17) is 4.74 Å². The zero-order chi connectivity index (χ0) is 15.1. The molecule has 6 heteroatoms. The van der Waals surface area contributed by atoms with E-state index in [1.807, 2.05) is 27.7 Å². The molecule has 0 heterocycles. The summed E-state index contributed by atoms with van der Waals surface area (Å²) >= 11 is 0. The van der Waals surface area contributed by atoms with Gasteiger partial charge in [-0.25, -0.2) is 0 Å². The van der Waals surface area contributed by atoms with Gasteiger partial charge >= 0.3 is 5.97 Å². The monoisotopic (exact) mass is 272 g/mol. The van der Waals surface area contributed by atoms with Gasteiger partial charge in [-0.3, -0.25) is 14.4 Å². The van der Waals surface area contributed by atoms with Crippen LogP contribution in [-0.2, 0) is 19.1 Å². The minimum Gasteiger partial charge on any atom is -0.460 e. The third kappa shape index (κ3) is 10.1. The normalized spacial score (nSPS) is 12.5. The lowest BCUT2D eigenvalue weighted by Crippen LogP contribution is -2.39. The molecule has 2 amide bonds. The molecular weight excluding hydrogens is 248 g/mol. The van der Waals surface area contributed by atoms with Gasteiger partial charge in [-0.15, -0.1) is 0 Å². The SMILES string of the molecule is CC(CCC(=O)OC(C)(C)C)NC(=O)CN(C)C=O. The zero-order valence-corrected chi connectivity index (χ0v) is 12.4. The third-order valence-electron chi connectivity index (χ3n) is 2.18. The lowest BCUT2D eigenvalue weighted by atomic mass is 10.1. The molecule has 0 aliphatic carbocycles. The van der Waals surface area contributed by atoms with Crippen LogP contribution in [-0.4, -0.2) is 48.4 Å². The number of hydrogen-bond acceptors (Lipinski definition) is 4. The predicted molar refractivity (Wildman–Crippen MR) is 71.4 cm³/mol. The maximum Gasteiger partial charge on any atom is 0.306 e. The summed E-state index contributed by atoms with van der Waals surface area (Å²) < 4.78 is 5.17. The number of rotatable bonds is 7. The standard InChI is InChI=1S/C13H24N2O4/c1-10(14-11(17)8-15(5)9-16)6-7-12(18)19-13(2,3)4/h9-10H,6-8H2,1-5H3,(H,14,17). The Balaban J connectivity index is 3.92. The molecule has 0 aliphatic heterocycles. The predicted octanol–water partition coefficient (Wildman–Crippen LogP) is 0.701. The number of nitrogens with zero attached hydrogens (tertiary/aromatic N) is 1. The number of amides is 2. The highest BCUT2D eigenvalue weighted by Crippen LogP contribution is 2.09. The highest BCUT2D eigenvalue weighted by molar-refractivity contribution is 5.80. The molecule has 0 rings (SSSR count). The van der Waals surface area contributed by atoms with Gasteiger partial charge in [0.2, 0.25) is 12.3 Å². The summed E-state index contributed by atoms with van der Waals surface area (Å²) in [4.78, 5) is 34.6. The Morgan fingerprint density at radius 1 is 1.37 bits per heavy atom. The van der Waals surface area contributed by atoms with E-state index in [1.165, 1.54) is 11.9 Å². The maximum atomic E-state index is 11.5. The Labute approximate surface area is 114 Å². The molecule has 0 saturated carbocycles. The maximum absolute atomic E-state index is 11.5. The quantitative estimate of drug-likeness (QED) is 0.547. The average molecular weight is 272 g/mol. The molecule has 19 heavy (non-hydrogen) atoms. The van der Waals surface area contributed by atoms with Crippen molar-refractivity contribution in [3.8, 4) is 0 Å². The molecule has 0 spiro atoms. The Hall–Kier alpha value is -1.59. The second-order valence-electron chi connectivity index (χ2n) is 5.61. The Morgan fingerprint density at radius 2 is 1.95 bits per heavy atom. The molecule has 0 aromatic rings. The Kier molecular flexibility index (Phi) is 7.11. The third-order valence-corrected chi connectivity index (χ3v) is 2.18. The minimum atomic E-state index is -0.490. The molecule has 1 atom stereocenters. The van der Waals surface area contributed by atoms with Crippen molar-refractivity contribution in [1.29, 1.82) is 0 Å². The first kappa shape index (κ1) is 17.4. The number of esters is 1. The summed E-state index contributed by atoms with van der Waals surface area (Å²) in [5.74, 6) is -0.523. The first-order valence-corrected chi connectivity index (χ1v) is 6.31. The molecular formula is C13H24N2O4. The molecule has 0 aromatic heterocycles. The van der Waals surface area contributed by atoms with Gasteiger partial charge in [0.05, 0.1) is 6.54 Å². The fourth-order valence-electron chi connectivity index (χ4n) is 1.38. The molecule has 0 fully saturated rings. The molecule has 0 saturated heterocycles. The Morgan fingerprint density at radius 3 is 2.42 bits per heavy atom. The molecule has 6 nitrogen and oxygen atoms in total. The molecule has 0 aromatic carbocycles. The van der Waals surface area contributed by atoms with Crippen LogP contribution in [0, 0.1) is 0 Å². The first-order valence-electron chi connectivity index (χ1n) is 6.31. The molecule has 0 bridgehead atoms. The summed E-state index contributed by atoms with van der Waals surface area (Å²) in [6.45, 7) is 7.26. The minimum absolute atomic E-state index is 0.0142. The van der Waals surface area contributed by atoms with Gasteiger partial charge in [0.1, 0.15) is 5.60 Å². The lowest BCUT2D eigenvalue weighted by Gasteiger charge is -2.20. The summed E-state index contributed by atoms with van der Waals surface area (Å²) in [5.41, 5.74) is -0.490. The second kappa shape index (κ2) is 7.76. The van der Waals surface area contributed by atoms with E-state index in [0.717, 1.165) is 0 Å². The van der Waals surface area contributed by atoms with Crippen molar-refractivity contribution in [2.75, 3.05) is 13.6 Å². The number of carbonyl (C=O) groups is 3. The van der Waals surface area contributed by atoms with E-state index in [-0.39, 0.29) is 30.9 Å². The van der Waals surface area contributed by atoms with Crippen molar-refractivity contribution in [3.05, 3.63) is 0 Å². The summed E-state index contributed by atoms with van der Waals surface area (Å²) in [7, 11) is 1.53. The van der Waals surface area contributed by atoms with Crippen LogP contribution in [0.15, 0.2) is 0 Å². The number of hydrogen-bond donors (Lipinski definition) is 1. The molecule has 0 radical (unpaired) electrons. The van der Waals surface area contributed by atoms with Crippen LogP contribution in [0.1, 0.15) is 40.5 Å². The van der Waals surface area contributed by atoms with Crippen LogP contribution < -0.4 is 5.32 Å². The van der Waals surface area contributed by atoms with Crippen molar-refractivity contribution in [3.63, 3.8) is 0 Å². The summed E-state index contributed by atoms with van der Waals surface area (Å²) in [5, 5.41) is 2.72. The van der Waals surface area contributed by atoms with E-state index < -0.39 is 5.60 Å². The second-order valence-corrected chi connectivity index (χ2v) is 5.61. The number of carbonyl (C=O) groups excluding carboxylic acids is 3. The molecule has 0 aliphatic rings. The number of ether oxygens (including phenoxy) is 1. The van der Waals surface area contributed by atoms with E-state index in [9.17, 15) is 14.4 Å². The van der Waals surface area contributed by atoms with Crippen LogP contribution in [0.4, 0.5) is 0 Å². The van der Waals surface area contributed by atoms with E-state index >= 15 is 0 Å². The highest BCUT2D eigenvalue weighted by atomic mass is 16.6. The van der Waals surface area contributed by atoms with Gasteiger partial charge in [0.15, 0.2) is 0 Å². The van der Waals surface area contributed by atoms with Crippen molar-refractivity contribution in [2.24, 2.45) is 0 Å². The van der Waals surface area contributed by atoms with Crippen molar-refractivity contribution < 1.29 is 19.1 Å². The van der Waals surface area contributed by atoms with E-state index in [0.29, 0.717) is 12.8 Å². The smallest absolute Gasteiger partial charge is 0.306 e. The fourth-order valence-corrected chi connectivity index (χ4v) is 1.38. The zero-order valence-electron chi connectivity index (χ0n) is 12.4. The van der Waals surface area contributed by atoms with Gasteiger partial charge < -0.3 is 15.0 Å². The van der Waals surface area contributed by atoms with Gasteiger partial charge in [0, 0.05) is 19.5 Å². The van der Waals surface area contributed by atoms with Crippen LogP contribution in [0.3, 0.4) is 0 Å². The lowest BCUT2D eigenvalue weighted by molar-refractivity contribution is -0.155. The fraction of sp³-hybridized carbons (Fsp3) is 0.769. The first-order chi connectivity index (χ1) is 8.64.